The molecule has 0 saturated heterocycles. The minimum absolute atomic E-state index is 0.0101. The second-order valence-electron chi connectivity index (χ2n) is 7.36. The van der Waals surface area contributed by atoms with Crippen LogP contribution in [0.1, 0.15) is 29.0 Å². The van der Waals surface area contributed by atoms with Crippen LogP contribution >= 0.6 is 0 Å². The van der Waals surface area contributed by atoms with Crippen LogP contribution in [0.3, 0.4) is 0 Å². The minimum Gasteiger partial charge on any atom is -0.374 e. The van der Waals surface area contributed by atoms with Crippen molar-refractivity contribution in [3.8, 4) is 0 Å². The van der Waals surface area contributed by atoms with Crippen LogP contribution in [0.25, 0.3) is 10.9 Å². The number of para-hydroxylation sites is 1. The van der Waals surface area contributed by atoms with Crippen LogP contribution in [0.2, 0.25) is 0 Å². The van der Waals surface area contributed by atoms with Crippen molar-refractivity contribution in [2.75, 3.05) is 13.2 Å². The molecule has 3 heterocycles. The zero-order chi connectivity index (χ0) is 17.5. The number of nitrogens with one attached hydrogen (secondary N) is 1. The number of rotatable bonds is 4. The van der Waals surface area contributed by atoms with Gasteiger partial charge in [0.2, 0.25) is 0 Å². The van der Waals surface area contributed by atoms with Crippen molar-refractivity contribution in [2.24, 2.45) is 5.92 Å². The van der Waals surface area contributed by atoms with Crippen molar-refractivity contribution in [2.45, 2.75) is 32.0 Å². The van der Waals surface area contributed by atoms with Gasteiger partial charge in [0.05, 0.1) is 24.9 Å². The Kier molecular flexibility index (Phi) is 3.78. The van der Waals surface area contributed by atoms with Crippen LogP contribution in [0.5, 0.6) is 0 Å². The van der Waals surface area contributed by atoms with Crippen molar-refractivity contribution >= 4 is 16.8 Å². The molecule has 1 saturated carbocycles. The van der Waals surface area contributed by atoms with Gasteiger partial charge in [-0.2, -0.15) is 5.10 Å². The number of hydrogen-bond donors (Lipinski definition) is 1. The fourth-order valence-corrected chi connectivity index (χ4v) is 3.59. The van der Waals surface area contributed by atoms with Crippen molar-refractivity contribution in [1.29, 1.82) is 0 Å². The molecule has 0 radical (unpaired) electrons. The van der Waals surface area contributed by atoms with E-state index >= 15 is 0 Å². The standard InChI is InChI=1S/C20H22N4O2/c25-20(19-9-15-3-1-2-4-18(15)22-19)23-10-16-7-8-21-24(16)12-17(11-23)26-13-14-5-6-14/h1-4,7-9,14,17,22H,5-6,10-13H2. The quantitative estimate of drug-likeness (QED) is 0.787. The summed E-state index contributed by atoms with van der Waals surface area (Å²) in [5, 5.41) is 5.45. The molecule has 1 N–H and O–H groups in total. The Bertz CT molecular complexity index is 907. The highest BCUT2D eigenvalue weighted by Gasteiger charge is 2.29. The van der Waals surface area contributed by atoms with Crippen LogP contribution in [0.15, 0.2) is 42.6 Å². The van der Waals surface area contributed by atoms with Crippen molar-refractivity contribution in [3.63, 3.8) is 0 Å². The van der Waals surface area contributed by atoms with Gasteiger partial charge in [-0.15, -0.1) is 0 Å². The van der Waals surface area contributed by atoms with Crippen LogP contribution in [0.4, 0.5) is 0 Å². The predicted molar refractivity (Wildman–Crippen MR) is 97.7 cm³/mol. The molecule has 6 nitrogen and oxygen atoms in total. The maximum absolute atomic E-state index is 13.2. The average molecular weight is 350 g/mol. The van der Waals surface area contributed by atoms with E-state index in [-0.39, 0.29) is 12.0 Å². The summed E-state index contributed by atoms with van der Waals surface area (Å²) in [7, 11) is 0. The highest BCUT2D eigenvalue weighted by atomic mass is 16.5. The summed E-state index contributed by atoms with van der Waals surface area (Å²) < 4.78 is 8.09. The molecule has 1 aliphatic heterocycles. The molecule has 3 aromatic rings. The number of hydrogen-bond acceptors (Lipinski definition) is 3. The molecule has 26 heavy (non-hydrogen) atoms. The third kappa shape index (κ3) is 3.01. The minimum atomic E-state index is -0.0231. The molecule has 1 unspecified atom stereocenters. The Morgan fingerprint density at radius 1 is 1.23 bits per heavy atom. The van der Waals surface area contributed by atoms with E-state index in [4.69, 9.17) is 4.74 Å². The van der Waals surface area contributed by atoms with E-state index in [1.165, 1.54) is 12.8 Å². The van der Waals surface area contributed by atoms with E-state index < -0.39 is 0 Å². The molecule has 1 atom stereocenters. The first-order chi connectivity index (χ1) is 12.8. The van der Waals surface area contributed by atoms with Gasteiger partial charge in [0.15, 0.2) is 0 Å². The first-order valence-corrected chi connectivity index (χ1v) is 9.25. The normalized spacial score (nSPS) is 20.2. The largest absolute Gasteiger partial charge is 0.374 e. The molecule has 1 amide bonds. The van der Waals surface area contributed by atoms with Gasteiger partial charge < -0.3 is 14.6 Å². The number of nitrogens with zero attached hydrogens (tertiary/aromatic N) is 3. The molecule has 0 spiro atoms. The molecule has 2 aromatic heterocycles. The Morgan fingerprint density at radius 3 is 2.96 bits per heavy atom. The van der Waals surface area contributed by atoms with Gasteiger partial charge in [0.1, 0.15) is 5.69 Å². The van der Waals surface area contributed by atoms with Gasteiger partial charge in [-0.3, -0.25) is 9.48 Å². The summed E-state index contributed by atoms with van der Waals surface area (Å²) >= 11 is 0. The third-order valence-electron chi connectivity index (χ3n) is 5.27. The number of aromatic amines is 1. The van der Waals surface area contributed by atoms with Gasteiger partial charge in [0, 0.05) is 30.3 Å². The van der Waals surface area contributed by atoms with E-state index in [9.17, 15) is 4.79 Å². The lowest BCUT2D eigenvalue weighted by molar-refractivity contribution is 0.0135. The van der Waals surface area contributed by atoms with Gasteiger partial charge >= 0.3 is 0 Å². The van der Waals surface area contributed by atoms with Gasteiger partial charge in [0.25, 0.3) is 5.91 Å². The van der Waals surface area contributed by atoms with Crippen LogP contribution in [0, 0.1) is 5.92 Å². The molecule has 1 aromatic carbocycles. The molecule has 134 valence electrons. The van der Waals surface area contributed by atoms with Gasteiger partial charge in [-0.05, 0) is 37.0 Å². The lowest BCUT2D eigenvalue weighted by Crippen LogP contribution is -2.37. The van der Waals surface area contributed by atoms with E-state index in [0.717, 1.165) is 23.2 Å². The molecule has 2 aliphatic rings. The summed E-state index contributed by atoms with van der Waals surface area (Å²) in [6.45, 7) is 2.63. The number of carbonyl (C=O) groups is 1. The Labute approximate surface area is 151 Å². The van der Waals surface area contributed by atoms with E-state index in [0.29, 0.717) is 31.2 Å². The molecular weight excluding hydrogens is 328 g/mol. The molecular formula is C20H22N4O2. The molecule has 5 rings (SSSR count). The summed E-state index contributed by atoms with van der Waals surface area (Å²) in [5.74, 6) is 0.712. The summed E-state index contributed by atoms with van der Waals surface area (Å²) in [5.41, 5.74) is 2.66. The smallest absolute Gasteiger partial charge is 0.270 e. The van der Waals surface area contributed by atoms with Gasteiger partial charge in [-0.1, -0.05) is 18.2 Å². The highest BCUT2D eigenvalue weighted by molar-refractivity contribution is 5.98. The van der Waals surface area contributed by atoms with Crippen molar-refractivity contribution < 1.29 is 9.53 Å². The monoisotopic (exact) mass is 350 g/mol. The third-order valence-corrected chi connectivity index (χ3v) is 5.27. The van der Waals surface area contributed by atoms with Crippen LogP contribution in [-0.2, 0) is 17.8 Å². The van der Waals surface area contributed by atoms with Gasteiger partial charge in [-0.25, -0.2) is 0 Å². The topological polar surface area (TPSA) is 63.2 Å². The number of H-pyrrole nitrogens is 1. The van der Waals surface area contributed by atoms with E-state index in [1.54, 1.807) is 6.20 Å². The fourth-order valence-electron chi connectivity index (χ4n) is 3.59. The number of ether oxygens (including phenoxy) is 1. The number of carbonyl (C=O) groups excluding carboxylic acids is 1. The van der Waals surface area contributed by atoms with E-state index in [1.807, 2.05) is 46.0 Å². The second-order valence-corrected chi connectivity index (χ2v) is 7.36. The Hall–Kier alpha value is -2.60. The summed E-state index contributed by atoms with van der Waals surface area (Å²) in [4.78, 5) is 18.3. The maximum atomic E-state index is 13.2. The second kappa shape index (κ2) is 6.29. The molecule has 6 heteroatoms. The van der Waals surface area contributed by atoms with Crippen molar-refractivity contribution in [1.82, 2.24) is 19.7 Å². The summed E-state index contributed by atoms with van der Waals surface area (Å²) in [6, 6.07) is 11.9. The van der Waals surface area contributed by atoms with E-state index in [2.05, 4.69) is 10.1 Å². The zero-order valence-electron chi connectivity index (χ0n) is 14.6. The fraction of sp³-hybridized carbons (Fsp3) is 0.400. The number of aromatic nitrogens is 3. The lowest BCUT2D eigenvalue weighted by atomic mass is 10.2. The van der Waals surface area contributed by atoms with Crippen molar-refractivity contribution in [3.05, 3.63) is 54.0 Å². The average Bonchev–Trinajstić information content (AvgIpc) is 3.28. The number of fused-ring (bicyclic) bond motifs is 2. The van der Waals surface area contributed by atoms with Crippen LogP contribution in [-0.4, -0.2) is 44.8 Å². The highest BCUT2D eigenvalue weighted by Crippen LogP contribution is 2.29. The zero-order valence-corrected chi connectivity index (χ0v) is 14.6. The Balaban J connectivity index is 1.40. The molecule has 0 bridgehead atoms. The number of benzene rings is 1. The first-order valence-electron chi connectivity index (χ1n) is 9.25. The summed E-state index contributed by atoms with van der Waals surface area (Å²) in [6.07, 6.45) is 4.30. The first kappa shape index (κ1) is 15.6. The number of amides is 1. The lowest BCUT2D eigenvalue weighted by Gasteiger charge is -2.24. The van der Waals surface area contributed by atoms with Crippen LogP contribution < -0.4 is 0 Å². The Morgan fingerprint density at radius 2 is 2.12 bits per heavy atom. The maximum Gasteiger partial charge on any atom is 0.270 e. The molecule has 1 aliphatic carbocycles. The predicted octanol–water partition coefficient (Wildman–Crippen LogP) is 2.82. The SMILES string of the molecule is O=C(c1cc2ccccc2[nH]1)N1Cc2ccnn2CC(OCC2CC2)C1. The molecule has 1 fully saturated rings.